The standard InChI is InChI=1S/C8H9NO3S/c1-6(10)8-4-3-7(5-9-8)13(2,11)12/h3-5H,1-2H3. The van der Waals surface area contributed by atoms with Crippen LogP contribution in [0.4, 0.5) is 0 Å². The first-order valence-electron chi connectivity index (χ1n) is 3.58. The van der Waals surface area contributed by atoms with E-state index in [1.165, 1.54) is 25.3 Å². The van der Waals surface area contributed by atoms with Gasteiger partial charge in [-0.3, -0.25) is 9.78 Å². The van der Waals surface area contributed by atoms with Crippen molar-refractivity contribution in [1.82, 2.24) is 4.98 Å². The Bertz CT molecular complexity index is 419. The van der Waals surface area contributed by atoms with Crippen molar-refractivity contribution < 1.29 is 13.2 Å². The molecule has 1 aromatic rings. The number of carbonyl (C=O) groups excluding carboxylic acids is 1. The third-order valence-electron chi connectivity index (χ3n) is 1.53. The van der Waals surface area contributed by atoms with Crippen LogP contribution in [0.2, 0.25) is 0 Å². The number of hydrogen-bond donors (Lipinski definition) is 0. The Kier molecular flexibility index (Phi) is 2.47. The molecule has 0 N–H and O–H groups in total. The lowest BCUT2D eigenvalue weighted by Gasteiger charge is -1.97. The number of rotatable bonds is 2. The SMILES string of the molecule is CC(=O)c1ccc(S(C)(=O)=O)cn1. The molecule has 1 aromatic heterocycles. The number of nitrogens with zero attached hydrogens (tertiary/aromatic N) is 1. The predicted octanol–water partition coefficient (Wildman–Crippen LogP) is 0.688. The number of hydrogen-bond acceptors (Lipinski definition) is 4. The zero-order valence-corrected chi connectivity index (χ0v) is 8.13. The monoisotopic (exact) mass is 199 g/mol. The molecule has 0 aliphatic rings. The maximum Gasteiger partial charge on any atom is 0.178 e. The lowest BCUT2D eigenvalue weighted by molar-refractivity contribution is 0.101. The molecule has 0 aliphatic carbocycles. The van der Waals surface area contributed by atoms with Gasteiger partial charge >= 0.3 is 0 Å². The molecule has 0 amide bonds. The van der Waals surface area contributed by atoms with E-state index in [9.17, 15) is 13.2 Å². The second-order valence-electron chi connectivity index (χ2n) is 2.71. The summed E-state index contributed by atoms with van der Waals surface area (Å²) in [6.07, 6.45) is 2.28. The Hall–Kier alpha value is -1.23. The minimum atomic E-state index is -3.22. The quantitative estimate of drug-likeness (QED) is 0.657. The molecule has 0 aromatic carbocycles. The van der Waals surface area contributed by atoms with Gasteiger partial charge in [0.1, 0.15) is 5.69 Å². The molecule has 0 spiro atoms. The highest BCUT2D eigenvalue weighted by molar-refractivity contribution is 7.90. The van der Waals surface area contributed by atoms with Gasteiger partial charge in [-0.25, -0.2) is 8.42 Å². The van der Waals surface area contributed by atoms with Crippen molar-refractivity contribution in [2.45, 2.75) is 11.8 Å². The summed E-state index contributed by atoms with van der Waals surface area (Å²) in [7, 11) is -3.22. The van der Waals surface area contributed by atoms with Gasteiger partial charge in [0.05, 0.1) is 4.90 Å². The first-order valence-corrected chi connectivity index (χ1v) is 5.47. The van der Waals surface area contributed by atoms with Gasteiger partial charge in [-0.2, -0.15) is 0 Å². The highest BCUT2D eigenvalue weighted by atomic mass is 32.2. The number of pyridine rings is 1. The lowest BCUT2D eigenvalue weighted by atomic mass is 10.3. The van der Waals surface area contributed by atoms with E-state index in [-0.39, 0.29) is 16.4 Å². The Balaban J connectivity index is 3.16. The number of sulfone groups is 1. The Labute approximate surface area is 76.5 Å². The number of Topliss-reactive ketones (excluding diaryl/α,β-unsaturated/α-hetero) is 1. The van der Waals surface area contributed by atoms with E-state index < -0.39 is 9.84 Å². The van der Waals surface area contributed by atoms with Crippen LogP contribution < -0.4 is 0 Å². The van der Waals surface area contributed by atoms with Gasteiger partial charge in [0.25, 0.3) is 0 Å². The van der Waals surface area contributed by atoms with Gasteiger partial charge in [-0.1, -0.05) is 0 Å². The van der Waals surface area contributed by atoms with Crippen LogP contribution in [0, 0.1) is 0 Å². The lowest BCUT2D eigenvalue weighted by Crippen LogP contribution is -2.01. The molecule has 0 bridgehead atoms. The largest absolute Gasteiger partial charge is 0.293 e. The van der Waals surface area contributed by atoms with E-state index in [0.29, 0.717) is 0 Å². The van der Waals surface area contributed by atoms with E-state index in [2.05, 4.69) is 4.98 Å². The third-order valence-corrected chi connectivity index (χ3v) is 2.62. The number of carbonyl (C=O) groups is 1. The van der Waals surface area contributed by atoms with Crippen LogP contribution in [0.1, 0.15) is 17.4 Å². The minimum Gasteiger partial charge on any atom is -0.293 e. The Morgan fingerprint density at radius 1 is 1.38 bits per heavy atom. The predicted molar refractivity (Wildman–Crippen MR) is 47.4 cm³/mol. The molecule has 0 unspecified atom stereocenters. The highest BCUT2D eigenvalue weighted by Crippen LogP contribution is 2.07. The van der Waals surface area contributed by atoms with Gasteiger partial charge in [0.15, 0.2) is 15.6 Å². The molecule has 13 heavy (non-hydrogen) atoms. The molecule has 1 rings (SSSR count). The van der Waals surface area contributed by atoms with E-state index >= 15 is 0 Å². The Morgan fingerprint density at radius 3 is 2.31 bits per heavy atom. The third kappa shape index (κ3) is 2.35. The molecular weight excluding hydrogens is 190 g/mol. The minimum absolute atomic E-state index is 0.123. The molecule has 70 valence electrons. The molecule has 0 fully saturated rings. The normalized spacial score (nSPS) is 11.2. The summed E-state index contributed by atoms with van der Waals surface area (Å²) in [6.45, 7) is 1.38. The topological polar surface area (TPSA) is 64.1 Å². The van der Waals surface area contributed by atoms with Crippen molar-refractivity contribution in [1.29, 1.82) is 0 Å². The van der Waals surface area contributed by atoms with E-state index in [0.717, 1.165) is 6.26 Å². The first-order chi connectivity index (χ1) is 5.91. The summed E-state index contributed by atoms with van der Waals surface area (Å²) < 4.78 is 22.0. The second-order valence-corrected chi connectivity index (χ2v) is 4.72. The van der Waals surface area contributed by atoms with Crippen molar-refractivity contribution in [2.75, 3.05) is 6.26 Å². The molecule has 0 aliphatic heterocycles. The van der Waals surface area contributed by atoms with Crippen molar-refractivity contribution in [3.8, 4) is 0 Å². The van der Waals surface area contributed by atoms with Crippen LogP contribution in [0.3, 0.4) is 0 Å². The zero-order valence-electron chi connectivity index (χ0n) is 7.31. The summed E-state index contributed by atoms with van der Waals surface area (Å²) in [6, 6.07) is 2.78. The average molecular weight is 199 g/mol. The maximum atomic E-state index is 11.0. The van der Waals surface area contributed by atoms with Crippen LogP contribution in [-0.4, -0.2) is 25.4 Å². The van der Waals surface area contributed by atoms with Crippen LogP contribution in [0.25, 0.3) is 0 Å². The van der Waals surface area contributed by atoms with E-state index in [1.54, 1.807) is 0 Å². The van der Waals surface area contributed by atoms with Crippen molar-refractivity contribution in [3.05, 3.63) is 24.0 Å². The number of ketones is 1. The fraction of sp³-hybridized carbons (Fsp3) is 0.250. The molecule has 4 nitrogen and oxygen atoms in total. The summed E-state index contributed by atoms with van der Waals surface area (Å²) in [5.74, 6) is -0.181. The second kappa shape index (κ2) is 3.26. The fourth-order valence-electron chi connectivity index (χ4n) is 0.808. The van der Waals surface area contributed by atoms with Crippen LogP contribution in [-0.2, 0) is 9.84 Å². The van der Waals surface area contributed by atoms with Gasteiger partial charge in [0, 0.05) is 19.4 Å². The zero-order chi connectivity index (χ0) is 10.1. The smallest absolute Gasteiger partial charge is 0.178 e. The van der Waals surface area contributed by atoms with Gasteiger partial charge in [-0.15, -0.1) is 0 Å². The Morgan fingerprint density at radius 2 is 2.00 bits per heavy atom. The van der Waals surface area contributed by atoms with Crippen molar-refractivity contribution in [3.63, 3.8) is 0 Å². The molecule has 1 heterocycles. The summed E-state index contributed by atoms with van der Waals surface area (Å²) in [5.41, 5.74) is 0.271. The first kappa shape index (κ1) is 9.85. The van der Waals surface area contributed by atoms with Gasteiger partial charge in [-0.05, 0) is 12.1 Å². The molecule has 0 saturated heterocycles. The fourth-order valence-corrected chi connectivity index (χ4v) is 1.37. The van der Waals surface area contributed by atoms with E-state index in [4.69, 9.17) is 0 Å². The summed E-state index contributed by atoms with van der Waals surface area (Å²) >= 11 is 0. The number of aromatic nitrogens is 1. The van der Waals surface area contributed by atoms with Crippen molar-refractivity contribution in [2.24, 2.45) is 0 Å². The summed E-state index contributed by atoms with van der Waals surface area (Å²) in [5, 5.41) is 0. The van der Waals surface area contributed by atoms with Gasteiger partial charge < -0.3 is 0 Å². The van der Waals surface area contributed by atoms with Crippen LogP contribution >= 0.6 is 0 Å². The molecular formula is C8H9NO3S. The van der Waals surface area contributed by atoms with Crippen molar-refractivity contribution >= 4 is 15.6 Å². The maximum absolute atomic E-state index is 11.0. The molecule has 0 radical (unpaired) electrons. The summed E-state index contributed by atoms with van der Waals surface area (Å²) in [4.78, 5) is 14.6. The van der Waals surface area contributed by atoms with Gasteiger partial charge in [0.2, 0.25) is 0 Å². The highest BCUT2D eigenvalue weighted by Gasteiger charge is 2.08. The average Bonchev–Trinajstić information content (AvgIpc) is 2.03. The molecule has 0 atom stereocenters. The van der Waals surface area contributed by atoms with E-state index in [1.807, 2.05) is 0 Å². The van der Waals surface area contributed by atoms with Crippen LogP contribution in [0.5, 0.6) is 0 Å². The van der Waals surface area contributed by atoms with Crippen LogP contribution in [0.15, 0.2) is 23.2 Å². The molecule has 5 heteroatoms. The molecule has 0 saturated carbocycles.